The van der Waals surface area contributed by atoms with Crippen LogP contribution >= 0.6 is 0 Å². The van der Waals surface area contributed by atoms with Gasteiger partial charge in [0, 0.05) is 48.5 Å². The number of aromatic nitrogens is 9. The quantitative estimate of drug-likeness (QED) is 0.0335. The molecule has 0 radical (unpaired) electrons. The van der Waals surface area contributed by atoms with Gasteiger partial charge < -0.3 is 100 Å². The van der Waals surface area contributed by atoms with Gasteiger partial charge in [0.15, 0.2) is 25.0 Å². The van der Waals surface area contributed by atoms with Crippen molar-refractivity contribution >= 4 is 23.7 Å². The van der Waals surface area contributed by atoms with E-state index in [9.17, 15) is 79.0 Å². The van der Waals surface area contributed by atoms with Gasteiger partial charge in [-0.25, -0.2) is 27.6 Å². The molecule has 6 aromatic rings. The van der Waals surface area contributed by atoms with Crippen molar-refractivity contribution in [3.63, 3.8) is 0 Å². The van der Waals surface area contributed by atoms with E-state index in [1.807, 2.05) is 0 Å². The number of hydrogen-bond acceptors (Lipinski definition) is 26. The molecule has 6 fully saturated rings. The minimum atomic E-state index is -1.88. The minimum Gasteiger partial charge on any atom is -0.479 e. The molecule has 3 aromatic carbocycles. The average Bonchev–Trinajstić information content (AvgIpc) is 1.33. The number of halogens is 2. The number of aliphatic hydroxyl groups is 9. The summed E-state index contributed by atoms with van der Waals surface area (Å²) in [5.41, 5.74) is 2.10. The number of ether oxygens (including phenoxy) is 7. The first-order valence-electron chi connectivity index (χ1n) is 35.0. The van der Waals surface area contributed by atoms with E-state index in [-0.39, 0.29) is 62.5 Å². The Kier molecular flexibility index (Phi) is 24.6. The highest BCUT2D eigenvalue weighted by Crippen LogP contribution is 2.43. The highest BCUT2D eigenvalue weighted by atomic mass is 19.1. The van der Waals surface area contributed by atoms with E-state index in [1.54, 1.807) is 48.7 Å². The predicted octanol–water partition coefficient (Wildman–Crippen LogP) is -0.00900. The molecule has 0 bridgehead atoms. The van der Waals surface area contributed by atoms with E-state index in [1.165, 1.54) is 65.1 Å². The molecule has 35 heteroatoms. The largest absolute Gasteiger partial charge is 0.479 e. The highest BCUT2D eigenvalue weighted by molar-refractivity contribution is 5.80. The molecule has 3 saturated carbocycles. The van der Waals surface area contributed by atoms with E-state index in [4.69, 9.17) is 33.2 Å². The van der Waals surface area contributed by atoms with Gasteiger partial charge in [0.1, 0.15) is 108 Å². The first-order chi connectivity index (χ1) is 50.0. The number of aliphatic carboxylic acids is 1. The highest BCUT2D eigenvalue weighted by Gasteiger charge is 2.55. The summed E-state index contributed by atoms with van der Waals surface area (Å²) < 4.78 is 77.0. The van der Waals surface area contributed by atoms with Crippen molar-refractivity contribution in [2.75, 3.05) is 26.3 Å². The third kappa shape index (κ3) is 17.2. The number of nitrogens with one attached hydrogen (secondary N) is 3. The van der Waals surface area contributed by atoms with Crippen LogP contribution in [0.1, 0.15) is 96.2 Å². The Labute approximate surface area is 594 Å². The van der Waals surface area contributed by atoms with E-state index < -0.39 is 195 Å². The second-order valence-corrected chi connectivity index (χ2v) is 27.6. The maximum atomic E-state index is 15.0. The summed E-state index contributed by atoms with van der Waals surface area (Å²) in [6, 6.07) is 14.9. The van der Waals surface area contributed by atoms with E-state index in [0.717, 1.165) is 43.7 Å². The lowest BCUT2D eigenvalue weighted by Gasteiger charge is -2.49. The first-order valence-corrected chi connectivity index (χ1v) is 35.0. The molecular weight excluding hydrogens is 1370 g/mol. The zero-order valence-corrected chi connectivity index (χ0v) is 56.8. The summed E-state index contributed by atoms with van der Waals surface area (Å²) in [5.74, 6) is -6.49. The lowest BCUT2D eigenvalue weighted by Crippen LogP contribution is -2.67. The normalized spacial score (nSPS) is 33.7. The second-order valence-electron chi connectivity index (χ2n) is 27.6. The lowest BCUT2D eigenvalue weighted by molar-refractivity contribution is -0.337. The molecule has 15 unspecified atom stereocenters. The molecule has 564 valence electrons. The molecule has 3 aromatic heterocycles. The maximum absolute atomic E-state index is 15.0. The number of amides is 3. The van der Waals surface area contributed by atoms with Gasteiger partial charge in [-0.3, -0.25) is 14.4 Å². The number of rotatable bonds is 25. The number of carbonyl (C=O) groups is 4. The summed E-state index contributed by atoms with van der Waals surface area (Å²) in [4.78, 5) is 55.9. The topological polar surface area (TPSA) is 463 Å². The average molecular weight is 1460 g/mol. The predicted molar refractivity (Wildman–Crippen MR) is 352 cm³/mol. The van der Waals surface area contributed by atoms with Crippen molar-refractivity contribution in [3.05, 3.63) is 109 Å². The minimum absolute atomic E-state index is 0.0320. The fraction of sp³-hybridized carbons (Fsp3) is 0.594. The van der Waals surface area contributed by atoms with Crippen LogP contribution in [0.2, 0.25) is 0 Å². The molecule has 3 amide bonds. The van der Waals surface area contributed by atoms with Crippen LogP contribution in [0.4, 0.5) is 8.78 Å². The van der Waals surface area contributed by atoms with Crippen LogP contribution in [-0.4, -0.2) is 263 Å². The third-order valence-electron chi connectivity index (χ3n) is 20.6. The summed E-state index contributed by atoms with van der Waals surface area (Å²) >= 11 is 0. The Hall–Kier alpha value is -7.82. The Morgan fingerprint density at radius 1 is 0.567 bits per heavy atom. The first kappa shape index (κ1) is 75.8. The lowest BCUT2D eigenvalue weighted by atomic mass is 9.80. The number of carboxylic acid groups (broad SMARTS) is 1. The maximum Gasteiger partial charge on any atom is 0.332 e. The van der Waals surface area contributed by atoms with Gasteiger partial charge in [-0.15, -0.1) is 15.3 Å². The van der Waals surface area contributed by atoms with Crippen molar-refractivity contribution in [2.24, 2.45) is 17.8 Å². The number of hydrogen-bond donors (Lipinski definition) is 13. The van der Waals surface area contributed by atoms with Gasteiger partial charge in [0.2, 0.25) is 17.7 Å². The molecular formula is C69H88F2N12O21. The standard InChI is InChI=1S/C69H88F2N12O21/c1-33-55(87)60(92)61(93)69(98-33)104-62-47(82-28-43(75-79-82)36-13-7-4-8-14-36)25-40(27-49(62)101-67-53(74-34(2)86)63(58(90)52(32-85)102-67)99-50(66(96)97)21-35-11-5-3-6-12-35)65(95)73-20-19-72-64(94)39-24-46(81-29-44(76-78-81)37-15-9-17-41(70)22-37)56(88)48(26-39)100-68-59(91)54(57(89)51(31-84)103-68)83-30-45(77-80-83)38-16-10-18-42(71)23-38/h4,7-10,13-18,22-23,28-30,33,35,39-40,46-63,67-69,84-85,87-93H,3,5-6,11-12,19-21,24-27,31-32H2,1-2H3,(H,72,94)(H,73,95)(H,74,86)(H,96,97)/t33?,39?,40?,46?,47?,48-,49-,50+,51?,52?,53?,54?,55-,56?,57+,58+,59?,60?,61?,62?,63?,67-,68-,69+/m1/s1. The Balaban J connectivity index is 0.804. The molecule has 3 aliphatic heterocycles. The van der Waals surface area contributed by atoms with E-state index in [2.05, 4.69) is 46.9 Å². The molecule has 3 aliphatic carbocycles. The molecule has 0 spiro atoms. The zero-order chi connectivity index (χ0) is 73.6. The van der Waals surface area contributed by atoms with Gasteiger partial charge in [0.05, 0.1) is 62.2 Å². The van der Waals surface area contributed by atoms with Crippen molar-refractivity contribution in [1.82, 2.24) is 60.9 Å². The molecule has 3 saturated heterocycles. The summed E-state index contributed by atoms with van der Waals surface area (Å²) in [7, 11) is 0. The van der Waals surface area contributed by atoms with E-state index >= 15 is 0 Å². The molecule has 6 heterocycles. The van der Waals surface area contributed by atoms with Crippen LogP contribution in [0, 0.1) is 29.4 Å². The third-order valence-corrected chi connectivity index (χ3v) is 20.6. The van der Waals surface area contributed by atoms with E-state index in [0.29, 0.717) is 22.4 Å². The summed E-state index contributed by atoms with van der Waals surface area (Å²) in [6.07, 6.45) is -20.4. The Morgan fingerprint density at radius 2 is 1.10 bits per heavy atom. The van der Waals surface area contributed by atoms with Crippen LogP contribution in [-0.2, 0) is 52.3 Å². The van der Waals surface area contributed by atoms with Gasteiger partial charge in [-0.05, 0) is 69.2 Å². The summed E-state index contributed by atoms with van der Waals surface area (Å²) in [6.45, 7) is 0.550. The van der Waals surface area contributed by atoms with Crippen molar-refractivity contribution in [1.29, 1.82) is 0 Å². The van der Waals surface area contributed by atoms with Gasteiger partial charge in [0.25, 0.3) is 0 Å². The van der Waals surface area contributed by atoms with Gasteiger partial charge in [-0.1, -0.05) is 102 Å². The monoisotopic (exact) mass is 1460 g/mol. The van der Waals surface area contributed by atoms with Gasteiger partial charge >= 0.3 is 5.97 Å². The molecule has 33 nitrogen and oxygen atoms in total. The van der Waals surface area contributed by atoms with Gasteiger partial charge in [-0.2, -0.15) is 0 Å². The van der Waals surface area contributed by atoms with Crippen LogP contribution in [0.25, 0.3) is 33.8 Å². The number of nitrogens with zero attached hydrogens (tertiary/aromatic N) is 9. The zero-order valence-electron chi connectivity index (χ0n) is 56.8. The van der Waals surface area contributed by atoms with Crippen molar-refractivity contribution in [3.8, 4) is 33.8 Å². The smallest absolute Gasteiger partial charge is 0.332 e. The number of carboxylic acids is 1. The van der Waals surface area contributed by atoms with Crippen LogP contribution in [0.15, 0.2) is 97.5 Å². The van der Waals surface area contributed by atoms with Crippen LogP contribution in [0.5, 0.6) is 0 Å². The fourth-order valence-electron chi connectivity index (χ4n) is 15.0. The van der Waals surface area contributed by atoms with Crippen molar-refractivity contribution in [2.45, 2.75) is 213 Å². The molecule has 24 atom stereocenters. The summed E-state index contributed by atoms with van der Waals surface area (Å²) in [5, 5.41) is 147. The molecule has 12 rings (SSSR count). The number of benzene rings is 3. The van der Waals surface area contributed by atoms with Crippen LogP contribution < -0.4 is 16.0 Å². The SMILES string of the molecule is CC(=O)NC1C(O[C@@H](CC2CCCCC2)C(=O)O)[C@@H](O)C(CO)O[C@H]1O[C@@H]1CC(C(=O)NCCNC(=O)C2CC(n3cc(-c4cccc(F)c4)nn3)C(O)[C@H](O[C@@H]3OC(CO)[C@H](O)C(n4cc(-c5cccc(F)c5)nn4)C3O)C2)CC(n2cc(-c3ccccc3)nn2)C1O[C@@H]1OC(C)[C@@H](O)C(O)C1O. The Bertz CT molecular complexity index is 3860. The second kappa shape index (κ2) is 33.7. The van der Waals surface area contributed by atoms with Crippen molar-refractivity contribution < 1.29 is 112 Å². The van der Waals surface area contributed by atoms with Crippen LogP contribution in [0.3, 0.4) is 0 Å². The number of aliphatic hydroxyl groups excluding tert-OH is 9. The Morgan fingerprint density at radius 3 is 1.69 bits per heavy atom. The molecule has 104 heavy (non-hydrogen) atoms. The number of carbonyl (C=O) groups excluding carboxylic acids is 3. The molecule has 13 N–H and O–H groups in total. The fourth-order valence-corrected chi connectivity index (χ4v) is 15.0. The molecule has 6 aliphatic rings.